The molecule has 4 nitrogen and oxygen atoms in total. The largest absolute Gasteiger partial charge is 0.395 e. The minimum absolute atomic E-state index is 0.379. The van der Waals surface area contributed by atoms with E-state index in [1.54, 1.807) is 30.3 Å². The smallest absolute Gasteiger partial charge is 0.323 e. The highest BCUT2D eigenvalue weighted by Crippen LogP contribution is 2.16. The zero-order valence-corrected chi connectivity index (χ0v) is 8.34. The predicted octanol–water partition coefficient (Wildman–Crippen LogP) is 0.852. The predicted molar refractivity (Wildman–Crippen MR) is 53.0 cm³/mol. The van der Waals surface area contributed by atoms with Gasteiger partial charge in [-0.1, -0.05) is 30.3 Å². The second kappa shape index (κ2) is 5.26. The fourth-order valence-electron chi connectivity index (χ4n) is 1.21. The summed E-state index contributed by atoms with van der Waals surface area (Å²) in [5.74, 6) is -2.19. The molecule has 0 aliphatic rings. The molecule has 1 atom stereocenters. The quantitative estimate of drug-likeness (QED) is 0.591. The van der Waals surface area contributed by atoms with Crippen LogP contribution in [0.15, 0.2) is 30.3 Å². The van der Waals surface area contributed by atoms with Crippen LogP contribution in [-0.2, 0) is 14.3 Å². The van der Waals surface area contributed by atoms with Crippen LogP contribution < -0.4 is 0 Å². The Hall–Kier alpha value is -1.68. The Morgan fingerprint density at radius 1 is 1.33 bits per heavy atom. The van der Waals surface area contributed by atoms with Crippen LogP contribution in [0.25, 0.3) is 0 Å². The number of hydrogen-bond acceptors (Lipinski definition) is 4. The van der Waals surface area contributed by atoms with Gasteiger partial charge in [0.15, 0.2) is 0 Å². The molecular weight excluding hydrogens is 196 g/mol. The summed E-state index contributed by atoms with van der Waals surface area (Å²) in [6.07, 6.45) is 0. The van der Waals surface area contributed by atoms with Gasteiger partial charge in [0, 0.05) is 6.92 Å². The third-order valence-corrected chi connectivity index (χ3v) is 1.91. The number of benzene rings is 1. The van der Waals surface area contributed by atoms with Gasteiger partial charge >= 0.3 is 11.9 Å². The van der Waals surface area contributed by atoms with Crippen molar-refractivity contribution in [2.75, 3.05) is 6.61 Å². The molecule has 80 valence electrons. The van der Waals surface area contributed by atoms with Crippen molar-refractivity contribution >= 4 is 11.9 Å². The maximum atomic E-state index is 11.4. The summed E-state index contributed by atoms with van der Waals surface area (Å²) < 4.78 is 4.42. The summed E-state index contributed by atoms with van der Waals surface area (Å²) in [5.41, 5.74) is 0.631. The fraction of sp³-hybridized carbons (Fsp3) is 0.273. The highest BCUT2D eigenvalue weighted by molar-refractivity contribution is 5.88. The monoisotopic (exact) mass is 208 g/mol. The molecule has 1 aromatic carbocycles. The Balaban J connectivity index is 2.80. The van der Waals surface area contributed by atoms with Crippen LogP contribution in [0, 0.1) is 0 Å². The van der Waals surface area contributed by atoms with E-state index in [0.29, 0.717) is 5.56 Å². The lowest BCUT2D eigenvalue weighted by Crippen LogP contribution is -2.21. The zero-order valence-electron chi connectivity index (χ0n) is 8.34. The van der Waals surface area contributed by atoms with Crippen LogP contribution >= 0.6 is 0 Å². The molecule has 0 saturated carbocycles. The van der Waals surface area contributed by atoms with E-state index in [2.05, 4.69) is 4.74 Å². The molecule has 0 aliphatic carbocycles. The third-order valence-electron chi connectivity index (χ3n) is 1.91. The van der Waals surface area contributed by atoms with Gasteiger partial charge in [-0.2, -0.15) is 0 Å². The number of carbonyl (C=O) groups excluding carboxylic acids is 2. The fourth-order valence-corrected chi connectivity index (χ4v) is 1.21. The van der Waals surface area contributed by atoms with Gasteiger partial charge in [-0.15, -0.1) is 0 Å². The van der Waals surface area contributed by atoms with Crippen LogP contribution in [0.5, 0.6) is 0 Å². The molecule has 1 rings (SSSR count). The number of rotatable bonds is 3. The molecule has 1 aromatic rings. The van der Waals surface area contributed by atoms with Crippen LogP contribution in [0.4, 0.5) is 0 Å². The van der Waals surface area contributed by atoms with Gasteiger partial charge in [0.25, 0.3) is 0 Å². The van der Waals surface area contributed by atoms with Crippen molar-refractivity contribution in [3.05, 3.63) is 35.9 Å². The zero-order chi connectivity index (χ0) is 11.3. The number of ether oxygens (including phenoxy) is 1. The van der Waals surface area contributed by atoms with E-state index in [1.165, 1.54) is 0 Å². The summed E-state index contributed by atoms with van der Waals surface area (Å²) in [7, 11) is 0. The van der Waals surface area contributed by atoms with Crippen LogP contribution in [-0.4, -0.2) is 23.7 Å². The number of hydrogen-bond donors (Lipinski definition) is 1. The highest BCUT2D eigenvalue weighted by Gasteiger charge is 2.22. The second-order valence-electron chi connectivity index (χ2n) is 3.06. The first-order chi connectivity index (χ1) is 7.15. The number of aliphatic hydroxyl groups excluding tert-OH is 1. The lowest BCUT2D eigenvalue weighted by atomic mass is 10.0. The van der Waals surface area contributed by atoms with Crippen molar-refractivity contribution in [3.8, 4) is 0 Å². The molecule has 0 heterocycles. The number of aliphatic hydroxyl groups is 1. The van der Waals surface area contributed by atoms with Gasteiger partial charge in [-0.3, -0.25) is 9.59 Å². The molecule has 0 bridgehead atoms. The molecular formula is C11H12O4. The maximum Gasteiger partial charge on any atom is 0.323 e. The van der Waals surface area contributed by atoms with Crippen LogP contribution in [0.1, 0.15) is 18.4 Å². The van der Waals surface area contributed by atoms with Crippen molar-refractivity contribution < 1.29 is 19.4 Å². The van der Waals surface area contributed by atoms with Gasteiger partial charge in [0.05, 0.1) is 6.61 Å². The highest BCUT2D eigenvalue weighted by atomic mass is 16.6. The molecule has 15 heavy (non-hydrogen) atoms. The number of carbonyl (C=O) groups is 2. The Kier molecular flexibility index (Phi) is 4.00. The van der Waals surface area contributed by atoms with Crippen LogP contribution in [0.2, 0.25) is 0 Å². The minimum Gasteiger partial charge on any atom is -0.395 e. The Bertz CT molecular complexity index is 345. The van der Waals surface area contributed by atoms with E-state index in [1.807, 2.05) is 0 Å². The second-order valence-corrected chi connectivity index (χ2v) is 3.06. The van der Waals surface area contributed by atoms with Crippen molar-refractivity contribution in [2.24, 2.45) is 0 Å². The lowest BCUT2D eigenvalue weighted by Gasteiger charge is -2.11. The first kappa shape index (κ1) is 11.4. The molecule has 0 aliphatic heterocycles. The molecule has 0 amide bonds. The Labute approximate surface area is 87.5 Å². The van der Waals surface area contributed by atoms with E-state index < -0.39 is 17.9 Å². The summed E-state index contributed by atoms with van der Waals surface area (Å²) in [6, 6.07) is 8.69. The van der Waals surface area contributed by atoms with Crippen molar-refractivity contribution in [3.63, 3.8) is 0 Å². The van der Waals surface area contributed by atoms with Crippen LogP contribution in [0.3, 0.4) is 0 Å². The molecule has 0 aromatic heterocycles. The van der Waals surface area contributed by atoms with E-state index >= 15 is 0 Å². The average molecular weight is 208 g/mol. The molecule has 0 fully saturated rings. The van der Waals surface area contributed by atoms with Gasteiger partial charge in [-0.25, -0.2) is 0 Å². The standard InChI is InChI=1S/C11H12O4/c1-8(13)15-11(14)10(7-12)9-5-3-2-4-6-9/h2-6,10,12H,7H2,1H3. The van der Waals surface area contributed by atoms with E-state index in [4.69, 9.17) is 5.11 Å². The summed E-state index contributed by atoms with van der Waals surface area (Å²) in [5, 5.41) is 9.05. The van der Waals surface area contributed by atoms with E-state index in [-0.39, 0.29) is 6.61 Å². The van der Waals surface area contributed by atoms with E-state index in [9.17, 15) is 9.59 Å². The summed E-state index contributed by atoms with van der Waals surface area (Å²) >= 11 is 0. The van der Waals surface area contributed by atoms with Gasteiger partial charge in [0.1, 0.15) is 5.92 Å². The molecule has 0 spiro atoms. The summed E-state index contributed by atoms with van der Waals surface area (Å²) in [4.78, 5) is 22.0. The maximum absolute atomic E-state index is 11.4. The average Bonchev–Trinajstić information content (AvgIpc) is 2.19. The molecule has 4 heteroatoms. The third kappa shape index (κ3) is 3.18. The molecule has 0 saturated heterocycles. The van der Waals surface area contributed by atoms with Crippen molar-refractivity contribution in [2.45, 2.75) is 12.8 Å². The molecule has 1 N–H and O–H groups in total. The molecule has 1 unspecified atom stereocenters. The minimum atomic E-state index is -0.796. The molecule has 0 radical (unpaired) electrons. The Morgan fingerprint density at radius 2 is 1.93 bits per heavy atom. The van der Waals surface area contributed by atoms with Gasteiger partial charge < -0.3 is 9.84 Å². The lowest BCUT2D eigenvalue weighted by molar-refractivity contribution is -0.159. The first-order valence-electron chi connectivity index (χ1n) is 4.53. The van der Waals surface area contributed by atoms with Crippen molar-refractivity contribution in [1.82, 2.24) is 0 Å². The number of esters is 2. The summed E-state index contributed by atoms with van der Waals surface area (Å²) in [6.45, 7) is 0.771. The van der Waals surface area contributed by atoms with Gasteiger partial charge in [-0.05, 0) is 5.56 Å². The Morgan fingerprint density at radius 3 is 2.40 bits per heavy atom. The SMILES string of the molecule is CC(=O)OC(=O)C(CO)c1ccccc1. The topological polar surface area (TPSA) is 63.6 Å². The normalized spacial score (nSPS) is 11.9. The first-order valence-corrected chi connectivity index (χ1v) is 4.53. The van der Waals surface area contributed by atoms with Crippen molar-refractivity contribution in [1.29, 1.82) is 0 Å². The van der Waals surface area contributed by atoms with E-state index in [0.717, 1.165) is 6.92 Å². The van der Waals surface area contributed by atoms with Gasteiger partial charge in [0.2, 0.25) is 0 Å².